The lowest BCUT2D eigenvalue weighted by Gasteiger charge is -2.27. The minimum absolute atomic E-state index is 0.230. The molecule has 1 aromatic rings. The number of hydrogen-bond acceptors (Lipinski definition) is 1. The molecule has 3 heteroatoms. The molecule has 0 aliphatic heterocycles. The summed E-state index contributed by atoms with van der Waals surface area (Å²) < 4.78 is 26.0. The van der Waals surface area contributed by atoms with Crippen molar-refractivity contribution >= 4 is 0 Å². The number of hydrogen-bond donors (Lipinski definition) is 1. The second kappa shape index (κ2) is 5.58. The molecule has 0 aliphatic carbocycles. The molecule has 0 spiro atoms. The van der Waals surface area contributed by atoms with Crippen LogP contribution in [0.25, 0.3) is 0 Å². The van der Waals surface area contributed by atoms with Gasteiger partial charge in [-0.3, -0.25) is 0 Å². The van der Waals surface area contributed by atoms with Gasteiger partial charge in [-0.05, 0) is 23.9 Å². The molecule has 1 aromatic carbocycles. The monoisotopic (exact) mass is 241 g/mol. The zero-order chi connectivity index (χ0) is 13.1. The second-order valence-electron chi connectivity index (χ2n) is 5.63. The molecule has 1 rings (SSSR count). The van der Waals surface area contributed by atoms with E-state index < -0.39 is 11.6 Å². The first-order chi connectivity index (χ1) is 7.80. The van der Waals surface area contributed by atoms with Crippen molar-refractivity contribution in [3.63, 3.8) is 0 Å². The summed E-state index contributed by atoms with van der Waals surface area (Å²) >= 11 is 0. The Kier molecular flexibility index (Phi) is 4.63. The Hall–Kier alpha value is -0.960. The molecule has 1 atom stereocenters. The van der Waals surface area contributed by atoms with E-state index in [2.05, 4.69) is 33.0 Å². The highest BCUT2D eigenvalue weighted by molar-refractivity contribution is 5.18. The van der Waals surface area contributed by atoms with Crippen molar-refractivity contribution in [3.8, 4) is 0 Å². The number of halogens is 2. The van der Waals surface area contributed by atoms with Crippen LogP contribution >= 0.6 is 0 Å². The third kappa shape index (κ3) is 4.43. The van der Waals surface area contributed by atoms with Gasteiger partial charge in [-0.2, -0.15) is 0 Å². The van der Waals surface area contributed by atoms with Crippen molar-refractivity contribution in [3.05, 3.63) is 35.4 Å². The highest BCUT2D eigenvalue weighted by Crippen LogP contribution is 2.24. The molecule has 0 amide bonds. The van der Waals surface area contributed by atoms with Gasteiger partial charge in [0.1, 0.15) is 11.6 Å². The lowest BCUT2D eigenvalue weighted by molar-refractivity contribution is 0.252. The second-order valence-corrected chi connectivity index (χ2v) is 5.63. The minimum Gasteiger partial charge on any atom is -0.312 e. The Labute approximate surface area is 102 Å². The van der Waals surface area contributed by atoms with Crippen molar-refractivity contribution in [1.29, 1.82) is 0 Å². The van der Waals surface area contributed by atoms with Crippen LogP contribution in [0.1, 0.15) is 33.3 Å². The van der Waals surface area contributed by atoms with Gasteiger partial charge < -0.3 is 5.32 Å². The van der Waals surface area contributed by atoms with Gasteiger partial charge in [-0.15, -0.1) is 0 Å². The van der Waals surface area contributed by atoms with Gasteiger partial charge >= 0.3 is 0 Å². The molecule has 1 N–H and O–H groups in total. The van der Waals surface area contributed by atoms with E-state index in [1.165, 1.54) is 12.1 Å². The quantitative estimate of drug-likeness (QED) is 0.846. The van der Waals surface area contributed by atoms with Crippen LogP contribution in [-0.4, -0.2) is 6.54 Å². The van der Waals surface area contributed by atoms with Crippen LogP contribution in [0.4, 0.5) is 8.78 Å². The van der Waals surface area contributed by atoms with Gasteiger partial charge in [0.05, 0.1) is 0 Å². The minimum atomic E-state index is -0.533. The maximum absolute atomic E-state index is 13.3. The van der Waals surface area contributed by atoms with Gasteiger partial charge in [-0.25, -0.2) is 8.78 Å². The van der Waals surface area contributed by atoms with Gasteiger partial charge in [0.25, 0.3) is 0 Å². The first kappa shape index (κ1) is 14.1. The molecule has 0 radical (unpaired) electrons. The standard InChI is InChI=1S/C14H21F2N/c1-10(14(2,3)4)8-17-9-11-5-6-12(15)7-13(11)16/h5-7,10,17H,8-9H2,1-4H3. The molecular weight excluding hydrogens is 220 g/mol. The Balaban J connectivity index is 2.46. The molecule has 0 aromatic heterocycles. The highest BCUT2D eigenvalue weighted by Gasteiger charge is 2.19. The topological polar surface area (TPSA) is 12.0 Å². The zero-order valence-corrected chi connectivity index (χ0v) is 11.0. The number of nitrogens with one attached hydrogen (secondary N) is 1. The number of benzene rings is 1. The van der Waals surface area contributed by atoms with E-state index in [9.17, 15) is 8.78 Å². The van der Waals surface area contributed by atoms with Crippen molar-refractivity contribution < 1.29 is 8.78 Å². The Bertz CT molecular complexity index is 369. The van der Waals surface area contributed by atoms with E-state index in [0.29, 0.717) is 18.0 Å². The zero-order valence-electron chi connectivity index (χ0n) is 11.0. The molecule has 0 aliphatic rings. The largest absolute Gasteiger partial charge is 0.312 e. The predicted molar refractivity (Wildman–Crippen MR) is 66.7 cm³/mol. The van der Waals surface area contributed by atoms with Crippen LogP contribution in [0.5, 0.6) is 0 Å². The maximum Gasteiger partial charge on any atom is 0.130 e. The summed E-state index contributed by atoms with van der Waals surface area (Å²) in [7, 11) is 0. The maximum atomic E-state index is 13.3. The third-order valence-corrected chi connectivity index (χ3v) is 3.26. The SMILES string of the molecule is CC(CNCc1ccc(F)cc1F)C(C)(C)C. The summed E-state index contributed by atoms with van der Waals surface area (Å²) in [6.45, 7) is 9.95. The van der Waals surface area contributed by atoms with Gasteiger partial charge in [-0.1, -0.05) is 33.8 Å². The van der Waals surface area contributed by atoms with E-state index in [-0.39, 0.29) is 5.41 Å². The average molecular weight is 241 g/mol. The molecule has 0 saturated carbocycles. The van der Waals surface area contributed by atoms with E-state index in [1.807, 2.05) is 0 Å². The molecule has 96 valence electrons. The number of rotatable bonds is 4. The van der Waals surface area contributed by atoms with Crippen LogP contribution in [0.15, 0.2) is 18.2 Å². The summed E-state index contributed by atoms with van der Waals surface area (Å²) in [5.41, 5.74) is 0.737. The predicted octanol–water partition coefficient (Wildman–Crippen LogP) is 3.74. The molecular formula is C14H21F2N. The van der Waals surface area contributed by atoms with Gasteiger partial charge in [0, 0.05) is 18.2 Å². The first-order valence-corrected chi connectivity index (χ1v) is 5.95. The van der Waals surface area contributed by atoms with E-state index in [1.54, 1.807) is 0 Å². The summed E-state index contributed by atoms with van der Waals surface area (Å²) in [5.74, 6) is -0.527. The van der Waals surface area contributed by atoms with Crippen molar-refractivity contribution in [2.45, 2.75) is 34.2 Å². The molecule has 0 fully saturated rings. The van der Waals surface area contributed by atoms with Gasteiger partial charge in [0.2, 0.25) is 0 Å². The summed E-state index contributed by atoms with van der Waals surface area (Å²) in [6, 6.07) is 3.69. The van der Waals surface area contributed by atoms with Crippen LogP contribution in [0, 0.1) is 23.0 Å². The Morgan fingerprint density at radius 3 is 2.41 bits per heavy atom. The Morgan fingerprint density at radius 1 is 1.24 bits per heavy atom. The summed E-state index contributed by atoms with van der Waals surface area (Å²) in [4.78, 5) is 0. The Morgan fingerprint density at radius 2 is 1.88 bits per heavy atom. The fourth-order valence-electron chi connectivity index (χ4n) is 1.39. The molecule has 17 heavy (non-hydrogen) atoms. The van der Waals surface area contributed by atoms with Crippen molar-refractivity contribution in [2.24, 2.45) is 11.3 Å². The van der Waals surface area contributed by atoms with Crippen molar-refractivity contribution in [2.75, 3.05) is 6.54 Å². The average Bonchev–Trinajstić information content (AvgIpc) is 2.19. The smallest absolute Gasteiger partial charge is 0.130 e. The van der Waals surface area contributed by atoms with Crippen LogP contribution in [-0.2, 0) is 6.54 Å². The molecule has 0 heterocycles. The third-order valence-electron chi connectivity index (χ3n) is 3.26. The van der Waals surface area contributed by atoms with Crippen LogP contribution in [0.3, 0.4) is 0 Å². The highest BCUT2D eigenvalue weighted by atomic mass is 19.1. The van der Waals surface area contributed by atoms with Crippen LogP contribution in [0.2, 0.25) is 0 Å². The van der Waals surface area contributed by atoms with Gasteiger partial charge in [0.15, 0.2) is 0 Å². The molecule has 1 nitrogen and oxygen atoms in total. The molecule has 1 unspecified atom stereocenters. The lowest BCUT2D eigenvalue weighted by Crippen LogP contribution is -2.29. The fraction of sp³-hybridized carbons (Fsp3) is 0.571. The first-order valence-electron chi connectivity index (χ1n) is 5.95. The van der Waals surface area contributed by atoms with E-state index >= 15 is 0 Å². The molecule has 0 saturated heterocycles. The van der Waals surface area contributed by atoms with Crippen LogP contribution < -0.4 is 5.32 Å². The van der Waals surface area contributed by atoms with Crippen molar-refractivity contribution in [1.82, 2.24) is 5.32 Å². The summed E-state index contributed by atoms with van der Waals surface area (Å²) in [6.07, 6.45) is 0. The van der Waals surface area contributed by atoms with E-state index in [4.69, 9.17) is 0 Å². The fourth-order valence-corrected chi connectivity index (χ4v) is 1.39. The van der Waals surface area contributed by atoms with E-state index in [0.717, 1.165) is 12.6 Å². The molecule has 0 bridgehead atoms. The normalized spacial score (nSPS) is 13.8. The summed E-state index contributed by atoms with van der Waals surface area (Å²) in [5, 5.41) is 3.21. The lowest BCUT2D eigenvalue weighted by atomic mass is 9.82.